The van der Waals surface area contributed by atoms with Crippen molar-refractivity contribution in [1.82, 2.24) is 0 Å². The van der Waals surface area contributed by atoms with Crippen molar-refractivity contribution in [3.05, 3.63) is 35.6 Å². The lowest BCUT2D eigenvalue weighted by atomic mass is 9.78. The first-order valence-electron chi connectivity index (χ1n) is 6.85. The monoisotopic (exact) mass is 266 g/mol. The Bertz CT molecular complexity index is 444. The molecule has 1 spiro atoms. The number of benzene rings is 1. The molecule has 1 heterocycles. The van der Waals surface area contributed by atoms with E-state index >= 15 is 0 Å². The van der Waals surface area contributed by atoms with Crippen LogP contribution in [-0.2, 0) is 15.9 Å². The predicted molar refractivity (Wildman–Crippen MR) is 68.2 cm³/mol. The van der Waals surface area contributed by atoms with Crippen LogP contribution < -0.4 is 0 Å². The molecule has 4 heteroatoms. The van der Waals surface area contributed by atoms with Crippen molar-refractivity contribution in [1.29, 1.82) is 0 Å². The average Bonchev–Trinajstić information content (AvgIpc) is 2.86. The molecule has 104 valence electrons. The summed E-state index contributed by atoms with van der Waals surface area (Å²) >= 11 is 0. The van der Waals surface area contributed by atoms with E-state index in [1.54, 1.807) is 18.2 Å². The van der Waals surface area contributed by atoms with E-state index in [4.69, 9.17) is 9.47 Å². The Morgan fingerprint density at radius 2 is 1.68 bits per heavy atom. The maximum atomic E-state index is 13.6. The zero-order chi connectivity index (χ0) is 13.3. The van der Waals surface area contributed by atoms with Gasteiger partial charge in [-0.25, -0.2) is 4.39 Å². The van der Waals surface area contributed by atoms with Crippen LogP contribution in [0.3, 0.4) is 0 Å². The number of hydrogen-bond donors (Lipinski definition) is 1. The number of rotatable bonds is 2. The van der Waals surface area contributed by atoms with Crippen LogP contribution in [0.2, 0.25) is 0 Å². The smallest absolute Gasteiger partial charge is 0.168 e. The van der Waals surface area contributed by atoms with Crippen LogP contribution >= 0.6 is 0 Å². The van der Waals surface area contributed by atoms with Gasteiger partial charge in [-0.15, -0.1) is 0 Å². The molecule has 0 atom stereocenters. The van der Waals surface area contributed by atoms with Gasteiger partial charge < -0.3 is 14.6 Å². The normalized spacial score (nSPS) is 24.7. The molecule has 0 amide bonds. The first-order chi connectivity index (χ1) is 9.11. The van der Waals surface area contributed by atoms with Gasteiger partial charge in [0.15, 0.2) is 5.79 Å². The van der Waals surface area contributed by atoms with Gasteiger partial charge in [0.2, 0.25) is 0 Å². The highest BCUT2D eigenvalue weighted by Crippen LogP contribution is 2.41. The fraction of sp³-hybridized carbons (Fsp3) is 0.600. The number of halogens is 1. The molecular weight excluding hydrogens is 247 g/mol. The largest absolute Gasteiger partial charge is 0.390 e. The fourth-order valence-electron chi connectivity index (χ4n) is 3.05. The third kappa shape index (κ3) is 2.66. The van der Waals surface area contributed by atoms with Crippen LogP contribution in [0.25, 0.3) is 0 Å². The van der Waals surface area contributed by atoms with E-state index in [-0.39, 0.29) is 5.82 Å². The van der Waals surface area contributed by atoms with Crippen LogP contribution in [0.15, 0.2) is 24.3 Å². The zero-order valence-corrected chi connectivity index (χ0v) is 10.9. The molecule has 1 aromatic carbocycles. The minimum absolute atomic E-state index is 0.246. The molecule has 1 aliphatic heterocycles. The molecule has 1 aliphatic carbocycles. The Morgan fingerprint density at radius 3 is 2.32 bits per heavy atom. The molecule has 1 aromatic rings. The van der Waals surface area contributed by atoms with Crippen molar-refractivity contribution >= 4 is 0 Å². The highest BCUT2D eigenvalue weighted by Gasteiger charge is 2.45. The Balaban J connectivity index is 1.67. The second-order valence-electron chi connectivity index (χ2n) is 5.60. The van der Waals surface area contributed by atoms with Gasteiger partial charge in [-0.3, -0.25) is 0 Å². The molecule has 0 aromatic heterocycles. The number of aliphatic hydroxyl groups is 1. The van der Waals surface area contributed by atoms with Gasteiger partial charge in [0, 0.05) is 19.3 Å². The van der Waals surface area contributed by atoms with Gasteiger partial charge in [0.1, 0.15) is 5.82 Å². The average molecular weight is 266 g/mol. The molecule has 2 fully saturated rings. The van der Waals surface area contributed by atoms with Crippen LogP contribution in [-0.4, -0.2) is 29.7 Å². The Morgan fingerprint density at radius 1 is 1.05 bits per heavy atom. The standard InChI is InChI=1S/C15H19FO3/c16-13-4-2-1-3-12(13)11-14(17)5-7-15(8-6-14)18-9-10-19-15/h1-4,17H,5-11H2. The first kappa shape index (κ1) is 13.0. The summed E-state index contributed by atoms with van der Waals surface area (Å²) in [6.07, 6.45) is 2.88. The van der Waals surface area contributed by atoms with Crippen LogP contribution in [0, 0.1) is 5.82 Å². The van der Waals surface area contributed by atoms with E-state index in [0.717, 1.165) is 0 Å². The van der Waals surface area contributed by atoms with Gasteiger partial charge in [-0.05, 0) is 24.5 Å². The van der Waals surface area contributed by atoms with E-state index in [1.165, 1.54) is 6.07 Å². The van der Waals surface area contributed by atoms with Gasteiger partial charge in [-0.1, -0.05) is 18.2 Å². The molecule has 19 heavy (non-hydrogen) atoms. The maximum absolute atomic E-state index is 13.6. The highest BCUT2D eigenvalue weighted by atomic mass is 19.1. The summed E-state index contributed by atoms with van der Waals surface area (Å²) in [6.45, 7) is 1.26. The van der Waals surface area contributed by atoms with Crippen molar-refractivity contribution in [3.63, 3.8) is 0 Å². The van der Waals surface area contributed by atoms with E-state index in [1.807, 2.05) is 0 Å². The van der Waals surface area contributed by atoms with Crippen molar-refractivity contribution < 1.29 is 19.0 Å². The number of ether oxygens (including phenoxy) is 2. The Labute approximate surface area is 112 Å². The molecule has 1 N–H and O–H groups in total. The summed E-state index contributed by atoms with van der Waals surface area (Å²) in [4.78, 5) is 0. The van der Waals surface area contributed by atoms with Gasteiger partial charge in [0.05, 0.1) is 18.8 Å². The van der Waals surface area contributed by atoms with Gasteiger partial charge in [-0.2, -0.15) is 0 Å². The molecule has 1 saturated heterocycles. The lowest BCUT2D eigenvalue weighted by Gasteiger charge is -2.40. The van der Waals surface area contributed by atoms with Crippen molar-refractivity contribution in [3.8, 4) is 0 Å². The third-order valence-corrected chi connectivity index (χ3v) is 4.23. The lowest BCUT2D eigenvalue weighted by Crippen LogP contribution is -2.44. The summed E-state index contributed by atoms with van der Waals surface area (Å²) in [5.74, 6) is -0.730. The Kier molecular flexibility index (Phi) is 3.33. The van der Waals surface area contributed by atoms with E-state index in [2.05, 4.69) is 0 Å². The maximum Gasteiger partial charge on any atom is 0.168 e. The van der Waals surface area contributed by atoms with Crippen LogP contribution in [0.1, 0.15) is 31.2 Å². The third-order valence-electron chi connectivity index (χ3n) is 4.23. The first-order valence-corrected chi connectivity index (χ1v) is 6.85. The SMILES string of the molecule is OC1(Cc2ccccc2F)CCC2(CC1)OCCO2. The fourth-order valence-corrected chi connectivity index (χ4v) is 3.05. The zero-order valence-electron chi connectivity index (χ0n) is 10.9. The molecular formula is C15H19FO3. The van der Waals surface area contributed by atoms with E-state index < -0.39 is 11.4 Å². The van der Waals surface area contributed by atoms with Gasteiger partial charge >= 0.3 is 0 Å². The van der Waals surface area contributed by atoms with Crippen molar-refractivity contribution in [2.24, 2.45) is 0 Å². The topological polar surface area (TPSA) is 38.7 Å². The van der Waals surface area contributed by atoms with Crippen molar-refractivity contribution in [2.45, 2.75) is 43.5 Å². The minimum Gasteiger partial charge on any atom is -0.390 e. The quantitative estimate of drug-likeness (QED) is 0.893. The molecule has 3 nitrogen and oxygen atoms in total. The summed E-state index contributed by atoms with van der Waals surface area (Å²) < 4.78 is 24.9. The summed E-state index contributed by atoms with van der Waals surface area (Å²) in [7, 11) is 0. The second-order valence-corrected chi connectivity index (χ2v) is 5.60. The highest BCUT2D eigenvalue weighted by molar-refractivity contribution is 5.19. The van der Waals surface area contributed by atoms with Crippen LogP contribution in [0.4, 0.5) is 4.39 Å². The predicted octanol–water partition coefficient (Wildman–Crippen LogP) is 2.42. The molecule has 1 saturated carbocycles. The van der Waals surface area contributed by atoms with E-state index in [0.29, 0.717) is 50.9 Å². The minimum atomic E-state index is -0.844. The summed E-state index contributed by atoms with van der Waals surface area (Å²) in [5, 5.41) is 10.6. The molecule has 0 bridgehead atoms. The Hall–Kier alpha value is -0.970. The van der Waals surface area contributed by atoms with Crippen molar-refractivity contribution in [2.75, 3.05) is 13.2 Å². The summed E-state index contributed by atoms with van der Waals surface area (Å²) in [6, 6.07) is 6.64. The summed E-state index contributed by atoms with van der Waals surface area (Å²) in [5.41, 5.74) is -0.267. The van der Waals surface area contributed by atoms with Crippen LogP contribution in [0.5, 0.6) is 0 Å². The van der Waals surface area contributed by atoms with E-state index in [9.17, 15) is 9.50 Å². The molecule has 0 radical (unpaired) electrons. The van der Waals surface area contributed by atoms with Gasteiger partial charge in [0.25, 0.3) is 0 Å². The molecule has 0 unspecified atom stereocenters. The molecule has 2 aliphatic rings. The number of hydrogen-bond acceptors (Lipinski definition) is 3. The second kappa shape index (κ2) is 4.85. The lowest BCUT2D eigenvalue weighted by molar-refractivity contribution is -0.202. The molecule has 3 rings (SSSR count).